The fourth-order valence-corrected chi connectivity index (χ4v) is 1.78. The summed E-state index contributed by atoms with van der Waals surface area (Å²) in [6.45, 7) is 6.91. The van der Waals surface area contributed by atoms with Gasteiger partial charge in [0.15, 0.2) is 0 Å². The zero-order valence-corrected chi connectivity index (χ0v) is 11.6. The fraction of sp³-hybridized carbons (Fsp3) is 0.533. The quantitative estimate of drug-likeness (QED) is 0.813. The van der Waals surface area contributed by atoms with E-state index in [2.05, 4.69) is 43.4 Å². The Morgan fingerprint density at radius 3 is 2.39 bits per heavy atom. The number of amides is 1. The Morgan fingerprint density at radius 2 is 1.89 bits per heavy atom. The van der Waals surface area contributed by atoms with Gasteiger partial charge in [-0.15, -0.1) is 0 Å². The summed E-state index contributed by atoms with van der Waals surface area (Å²) in [7, 11) is 0. The topological polar surface area (TPSA) is 55.1 Å². The number of carbonyl (C=O) groups is 1. The van der Waals surface area contributed by atoms with Gasteiger partial charge >= 0.3 is 0 Å². The van der Waals surface area contributed by atoms with E-state index in [9.17, 15) is 4.79 Å². The van der Waals surface area contributed by atoms with Crippen LogP contribution in [0.15, 0.2) is 24.3 Å². The van der Waals surface area contributed by atoms with Crippen LogP contribution in [-0.2, 0) is 11.3 Å². The van der Waals surface area contributed by atoms with Gasteiger partial charge in [-0.05, 0) is 23.5 Å². The van der Waals surface area contributed by atoms with Crippen LogP contribution in [0.1, 0.15) is 50.7 Å². The van der Waals surface area contributed by atoms with Crippen LogP contribution in [0.4, 0.5) is 0 Å². The molecule has 100 valence electrons. The van der Waals surface area contributed by atoms with Crippen molar-refractivity contribution in [2.45, 2.75) is 52.1 Å². The summed E-state index contributed by atoms with van der Waals surface area (Å²) in [4.78, 5) is 11.6. The van der Waals surface area contributed by atoms with Crippen molar-refractivity contribution in [3.63, 3.8) is 0 Å². The molecule has 0 aliphatic heterocycles. The maximum atomic E-state index is 11.6. The number of benzene rings is 1. The predicted molar refractivity (Wildman–Crippen MR) is 75.3 cm³/mol. The molecule has 3 N–H and O–H groups in total. The number of carbonyl (C=O) groups excluding carboxylic acids is 1. The van der Waals surface area contributed by atoms with E-state index in [0.717, 1.165) is 18.4 Å². The first-order valence-corrected chi connectivity index (χ1v) is 6.66. The van der Waals surface area contributed by atoms with E-state index < -0.39 is 0 Å². The average molecular weight is 248 g/mol. The zero-order valence-electron chi connectivity index (χ0n) is 11.6. The Labute approximate surface area is 110 Å². The second-order valence-electron chi connectivity index (χ2n) is 5.01. The van der Waals surface area contributed by atoms with Gasteiger partial charge in [-0.3, -0.25) is 4.79 Å². The molecule has 0 aromatic heterocycles. The van der Waals surface area contributed by atoms with Crippen molar-refractivity contribution in [1.82, 2.24) is 5.32 Å². The van der Waals surface area contributed by atoms with Crippen molar-refractivity contribution in [1.29, 1.82) is 0 Å². The Balaban J connectivity index is 2.46. The van der Waals surface area contributed by atoms with Gasteiger partial charge in [0.05, 0.1) is 6.04 Å². The highest BCUT2D eigenvalue weighted by Gasteiger charge is 2.11. The SMILES string of the molecule is CCCC(N)C(=O)NCc1ccc(C(C)C)cc1. The van der Waals surface area contributed by atoms with Crippen LogP contribution in [0, 0.1) is 0 Å². The molecule has 3 nitrogen and oxygen atoms in total. The lowest BCUT2D eigenvalue weighted by molar-refractivity contribution is -0.122. The molecule has 1 aromatic rings. The number of hydrogen-bond donors (Lipinski definition) is 2. The molecule has 0 spiro atoms. The molecule has 0 aliphatic rings. The van der Waals surface area contributed by atoms with Crippen LogP contribution < -0.4 is 11.1 Å². The molecular weight excluding hydrogens is 224 g/mol. The molecule has 0 radical (unpaired) electrons. The minimum absolute atomic E-state index is 0.0650. The lowest BCUT2D eigenvalue weighted by Gasteiger charge is -2.12. The molecule has 1 atom stereocenters. The van der Waals surface area contributed by atoms with Crippen molar-refractivity contribution >= 4 is 5.91 Å². The Hall–Kier alpha value is -1.35. The normalized spacial score (nSPS) is 12.5. The van der Waals surface area contributed by atoms with E-state index in [1.807, 2.05) is 6.92 Å². The van der Waals surface area contributed by atoms with Gasteiger partial charge < -0.3 is 11.1 Å². The molecule has 0 saturated carbocycles. The number of rotatable bonds is 6. The van der Waals surface area contributed by atoms with Gasteiger partial charge in [0.2, 0.25) is 5.91 Å². The second-order valence-corrected chi connectivity index (χ2v) is 5.01. The second kappa shape index (κ2) is 7.17. The molecule has 0 heterocycles. The van der Waals surface area contributed by atoms with Gasteiger partial charge in [-0.25, -0.2) is 0 Å². The minimum Gasteiger partial charge on any atom is -0.351 e. The van der Waals surface area contributed by atoms with Crippen molar-refractivity contribution in [2.24, 2.45) is 5.73 Å². The zero-order chi connectivity index (χ0) is 13.5. The molecular formula is C15H24N2O. The first kappa shape index (κ1) is 14.7. The van der Waals surface area contributed by atoms with Crippen molar-refractivity contribution < 1.29 is 4.79 Å². The van der Waals surface area contributed by atoms with Gasteiger partial charge in [0.25, 0.3) is 0 Å². The maximum Gasteiger partial charge on any atom is 0.237 e. The van der Waals surface area contributed by atoms with Crippen molar-refractivity contribution in [2.75, 3.05) is 0 Å². The van der Waals surface area contributed by atoms with Crippen LogP contribution in [0.3, 0.4) is 0 Å². The summed E-state index contributed by atoms with van der Waals surface area (Å²) in [5, 5.41) is 2.87. The highest BCUT2D eigenvalue weighted by Crippen LogP contribution is 2.14. The molecule has 0 aliphatic carbocycles. The standard InChI is InChI=1S/C15H24N2O/c1-4-5-14(16)15(18)17-10-12-6-8-13(9-7-12)11(2)3/h6-9,11,14H,4-5,10,16H2,1-3H3,(H,17,18). The van der Waals surface area contributed by atoms with Crippen LogP contribution in [0.2, 0.25) is 0 Å². The lowest BCUT2D eigenvalue weighted by atomic mass is 10.0. The first-order valence-electron chi connectivity index (χ1n) is 6.66. The Kier molecular flexibility index (Phi) is 5.86. The summed E-state index contributed by atoms with van der Waals surface area (Å²) >= 11 is 0. The van der Waals surface area contributed by atoms with E-state index in [1.54, 1.807) is 0 Å². The molecule has 3 heteroatoms. The van der Waals surface area contributed by atoms with E-state index >= 15 is 0 Å². The van der Waals surface area contributed by atoms with Crippen molar-refractivity contribution in [3.8, 4) is 0 Å². The first-order chi connectivity index (χ1) is 8.54. The Bertz CT molecular complexity index is 371. The van der Waals surface area contributed by atoms with Gasteiger partial charge in [0, 0.05) is 6.54 Å². The molecule has 1 aromatic carbocycles. The Morgan fingerprint density at radius 1 is 1.28 bits per heavy atom. The third-order valence-electron chi connectivity index (χ3n) is 3.05. The highest BCUT2D eigenvalue weighted by molar-refractivity contribution is 5.81. The molecule has 1 unspecified atom stereocenters. The molecule has 18 heavy (non-hydrogen) atoms. The van der Waals surface area contributed by atoms with Crippen LogP contribution >= 0.6 is 0 Å². The van der Waals surface area contributed by atoms with Crippen LogP contribution in [0.5, 0.6) is 0 Å². The number of nitrogens with two attached hydrogens (primary N) is 1. The third kappa shape index (κ3) is 4.49. The molecule has 1 amide bonds. The number of nitrogens with one attached hydrogen (secondary N) is 1. The smallest absolute Gasteiger partial charge is 0.237 e. The summed E-state index contributed by atoms with van der Waals surface area (Å²) in [6, 6.07) is 7.95. The van der Waals surface area contributed by atoms with E-state index in [-0.39, 0.29) is 11.9 Å². The number of hydrogen-bond acceptors (Lipinski definition) is 2. The molecule has 1 rings (SSSR count). The largest absolute Gasteiger partial charge is 0.351 e. The summed E-state index contributed by atoms with van der Waals surface area (Å²) in [6.07, 6.45) is 1.66. The van der Waals surface area contributed by atoms with Gasteiger partial charge in [-0.1, -0.05) is 51.5 Å². The molecule has 0 bridgehead atoms. The van der Waals surface area contributed by atoms with Crippen LogP contribution in [0.25, 0.3) is 0 Å². The highest BCUT2D eigenvalue weighted by atomic mass is 16.2. The average Bonchev–Trinajstić information content (AvgIpc) is 2.36. The van der Waals surface area contributed by atoms with E-state index in [4.69, 9.17) is 5.73 Å². The van der Waals surface area contributed by atoms with Crippen molar-refractivity contribution in [3.05, 3.63) is 35.4 Å². The monoisotopic (exact) mass is 248 g/mol. The molecule has 0 saturated heterocycles. The summed E-state index contributed by atoms with van der Waals surface area (Å²) in [5.41, 5.74) is 8.16. The lowest BCUT2D eigenvalue weighted by Crippen LogP contribution is -2.40. The van der Waals surface area contributed by atoms with Crippen LogP contribution in [-0.4, -0.2) is 11.9 Å². The van der Waals surface area contributed by atoms with Gasteiger partial charge in [-0.2, -0.15) is 0 Å². The van der Waals surface area contributed by atoms with E-state index in [1.165, 1.54) is 5.56 Å². The maximum absolute atomic E-state index is 11.6. The molecule has 0 fully saturated rings. The minimum atomic E-state index is -0.384. The third-order valence-corrected chi connectivity index (χ3v) is 3.05. The summed E-state index contributed by atoms with van der Waals surface area (Å²) < 4.78 is 0. The predicted octanol–water partition coefficient (Wildman–Crippen LogP) is 2.55. The van der Waals surface area contributed by atoms with Gasteiger partial charge in [0.1, 0.15) is 0 Å². The summed E-state index contributed by atoms with van der Waals surface area (Å²) in [5.74, 6) is 0.469. The van der Waals surface area contributed by atoms with E-state index in [0.29, 0.717) is 12.5 Å². The fourth-order valence-electron chi connectivity index (χ4n) is 1.78.